The lowest BCUT2D eigenvalue weighted by Crippen LogP contribution is -2.32. The molecule has 0 amide bonds. The van der Waals surface area contributed by atoms with Gasteiger partial charge < -0.3 is 9.47 Å². The molecule has 2 aromatic rings. The largest absolute Gasteiger partial charge is 0.444 e. The zero-order chi connectivity index (χ0) is 16.1. The summed E-state index contributed by atoms with van der Waals surface area (Å²) in [5.41, 5.74) is -0.494. The van der Waals surface area contributed by atoms with Crippen LogP contribution >= 0.6 is 27.5 Å². The maximum atomic E-state index is 12.7. The van der Waals surface area contributed by atoms with Crippen LogP contribution in [-0.4, -0.2) is 0 Å². The molecule has 0 aromatic heterocycles. The second kappa shape index (κ2) is 5.06. The van der Waals surface area contributed by atoms with Crippen molar-refractivity contribution in [2.45, 2.75) is 18.9 Å². The van der Waals surface area contributed by atoms with E-state index >= 15 is 0 Å². The molecule has 1 heterocycles. The van der Waals surface area contributed by atoms with Crippen LogP contribution in [0, 0.1) is 0 Å². The first-order valence-corrected chi connectivity index (χ1v) is 7.41. The minimum absolute atomic E-state index is 0.0683. The number of ether oxygens (including phenoxy) is 2. The van der Waals surface area contributed by atoms with Gasteiger partial charge in [0, 0.05) is 6.92 Å². The Kier molecular flexibility index (Phi) is 3.57. The van der Waals surface area contributed by atoms with E-state index in [1.165, 1.54) is 6.07 Å². The van der Waals surface area contributed by atoms with Crippen molar-refractivity contribution in [3.63, 3.8) is 0 Å². The van der Waals surface area contributed by atoms with Gasteiger partial charge in [-0.1, -0.05) is 17.7 Å². The quantitative estimate of drug-likeness (QED) is 0.613. The number of para-hydroxylation sites is 1. The molecule has 1 aliphatic heterocycles. The Balaban J connectivity index is 2.01. The fourth-order valence-electron chi connectivity index (χ4n) is 2.26. The molecule has 0 spiro atoms. The Bertz CT molecular complexity index is 748. The SMILES string of the molecule is CC1(c2ccc(C(F)(F)F)cc2Cl)Oc2cccc(Br)c2O1. The maximum Gasteiger partial charge on any atom is 0.416 e. The van der Waals surface area contributed by atoms with Crippen LogP contribution < -0.4 is 9.47 Å². The molecule has 0 saturated carbocycles. The monoisotopic (exact) mass is 392 g/mol. The van der Waals surface area contributed by atoms with Crippen LogP contribution in [0.5, 0.6) is 11.5 Å². The summed E-state index contributed by atoms with van der Waals surface area (Å²) in [5.74, 6) is -0.304. The highest BCUT2D eigenvalue weighted by Crippen LogP contribution is 2.49. The lowest BCUT2D eigenvalue weighted by atomic mass is 10.0. The predicted molar refractivity (Wildman–Crippen MR) is 79.2 cm³/mol. The van der Waals surface area contributed by atoms with Crippen molar-refractivity contribution in [2.75, 3.05) is 0 Å². The van der Waals surface area contributed by atoms with Crippen LogP contribution in [0.1, 0.15) is 18.1 Å². The normalized spacial score (nSPS) is 20.3. The Morgan fingerprint density at radius 3 is 2.45 bits per heavy atom. The van der Waals surface area contributed by atoms with Crippen LogP contribution in [-0.2, 0) is 12.0 Å². The number of halogens is 5. The van der Waals surface area contributed by atoms with Crippen molar-refractivity contribution in [1.82, 2.24) is 0 Å². The van der Waals surface area contributed by atoms with Crippen molar-refractivity contribution in [1.29, 1.82) is 0 Å². The molecule has 0 aliphatic carbocycles. The van der Waals surface area contributed by atoms with Gasteiger partial charge in [-0.05, 0) is 46.3 Å². The Hall–Kier alpha value is -1.40. The number of benzene rings is 2. The van der Waals surface area contributed by atoms with E-state index in [0.717, 1.165) is 12.1 Å². The third-order valence-electron chi connectivity index (χ3n) is 3.32. The van der Waals surface area contributed by atoms with E-state index in [1.54, 1.807) is 25.1 Å². The van der Waals surface area contributed by atoms with Crippen LogP contribution in [0.3, 0.4) is 0 Å². The van der Waals surface area contributed by atoms with E-state index < -0.39 is 17.5 Å². The molecule has 0 N–H and O–H groups in total. The number of hydrogen-bond donors (Lipinski definition) is 0. The third kappa shape index (κ3) is 2.54. The lowest BCUT2D eigenvalue weighted by Gasteiger charge is -2.25. The van der Waals surface area contributed by atoms with Crippen LogP contribution in [0.25, 0.3) is 0 Å². The van der Waals surface area contributed by atoms with Gasteiger partial charge in [-0.25, -0.2) is 0 Å². The van der Waals surface area contributed by atoms with Gasteiger partial charge in [-0.2, -0.15) is 13.2 Å². The minimum atomic E-state index is -4.45. The van der Waals surface area contributed by atoms with E-state index in [4.69, 9.17) is 21.1 Å². The van der Waals surface area contributed by atoms with Gasteiger partial charge in [0.25, 0.3) is 5.79 Å². The maximum absolute atomic E-state index is 12.7. The molecular formula is C15H9BrClF3O2. The van der Waals surface area contributed by atoms with E-state index in [-0.39, 0.29) is 5.02 Å². The summed E-state index contributed by atoms with van der Waals surface area (Å²) in [5, 5.41) is -0.0683. The zero-order valence-electron chi connectivity index (χ0n) is 11.2. The van der Waals surface area contributed by atoms with Gasteiger partial charge in [-0.3, -0.25) is 0 Å². The molecule has 2 aromatic carbocycles. The van der Waals surface area contributed by atoms with Crippen molar-refractivity contribution in [3.8, 4) is 11.5 Å². The minimum Gasteiger partial charge on any atom is -0.444 e. The summed E-state index contributed by atoms with van der Waals surface area (Å²) < 4.78 is 50.4. The molecule has 0 fully saturated rings. The Labute approximate surface area is 137 Å². The van der Waals surface area contributed by atoms with Crippen LogP contribution in [0.15, 0.2) is 40.9 Å². The van der Waals surface area contributed by atoms with Gasteiger partial charge in [-0.15, -0.1) is 0 Å². The number of fused-ring (bicyclic) bond motifs is 1. The van der Waals surface area contributed by atoms with Crippen molar-refractivity contribution in [3.05, 3.63) is 57.0 Å². The van der Waals surface area contributed by atoms with E-state index in [9.17, 15) is 13.2 Å². The summed E-state index contributed by atoms with van der Waals surface area (Å²) in [4.78, 5) is 0. The molecule has 1 unspecified atom stereocenters. The molecule has 0 bridgehead atoms. The highest BCUT2D eigenvalue weighted by Gasteiger charge is 2.42. The van der Waals surface area contributed by atoms with Gasteiger partial charge >= 0.3 is 6.18 Å². The number of hydrogen-bond acceptors (Lipinski definition) is 2. The molecule has 0 saturated heterocycles. The van der Waals surface area contributed by atoms with Crippen molar-refractivity contribution < 1.29 is 22.6 Å². The van der Waals surface area contributed by atoms with Crippen molar-refractivity contribution >= 4 is 27.5 Å². The smallest absolute Gasteiger partial charge is 0.416 e. The second-order valence-corrected chi connectivity index (χ2v) is 6.17. The first-order valence-electron chi connectivity index (χ1n) is 6.24. The van der Waals surface area contributed by atoms with Crippen LogP contribution in [0.4, 0.5) is 13.2 Å². The zero-order valence-corrected chi connectivity index (χ0v) is 13.5. The summed E-state index contributed by atoms with van der Waals surface area (Å²) in [6, 6.07) is 8.35. The van der Waals surface area contributed by atoms with Gasteiger partial charge in [0.1, 0.15) is 0 Å². The van der Waals surface area contributed by atoms with Gasteiger partial charge in [0.15, 0.2) is 11.5 Å². The Morgan fingerprint density at radius 1 is 1.14 bits per heavy atom. The average molecular weight is 394 g/mol. The molecule has 3 rings (SSSR count). The highest BCUT2D eigenvalue weighted by molar-refractivity contribution is 9.10. The summed E-state index contributed by atoms with van der Waals surface area (Å²) in [6.45, 7) is 1.61. The van der Waals surface area contributed by atoms with E-state index in [2.05, 4.69) is 15.9 Å². The molecule has 22 heavy (non-hydrogen) atoms. The fourth-order valence-corrected chi connectivity index (χ4v) is 3.04. The van der Waals surface area contributed by atoms with Gasteiger partial charge in [0.05, 0.1) is 20.6 Å². The summed E-state index contributed by atoms with van der Waals surface area (Å²) in [7, 11) is 0. The predicted octanol–water partition coefficient (Wildman–Crippen LogP) is 5.77. The summed E-state index contributed by atoms with van der Waals surface area (Å²) in [6.07, 6.45) is -4.45. The van der Waals surface area contributed by atoms with Crippen LogP contribution in [0.2, 0.25) is 5.02 Å². The molecule has 1 aliphatic rings. The number of rotatable bonds is 1. The number of alkyl halides is 3. The first kappa shape index (κ1) is 15.5. The highest BCUT2D eigenvalue weighted by atomic mass is 79.9. The first-order chi connectivity index (χ1) is 10.2. The van der Waals surface area contributed by atoms with E-state index in [1.807, 2.05) is 0 Å². The molecule has 2 nitrogen and oxygen atoms in total. The lowest BCUT2D eigenvalue weighted by molar-refractivity contribution is -0.137. The van der Waals surface area contributed by atoms with E-state index in [0.29, 0.717) is 21.5 Å². The summed E-state index contributed by atoms with van der Waals surface area (Å²) >= 11 is 9.36. The molecule has 0 radical (unpaired) electrons. The topological polar surface area (TPSA) is 18.5 Å². The Morgan fingerprint density at radius 2 is 1.86 bits per heavy atom. The molecule has 7 heteroatoms. The second-order valence-electron chi connectivity index (χ2n) is 4.91. The molecule has 116 valence electrons. The standard InChI is InChI=1S/C15H9BrClF3O2/c1-14(21-12-4-2-3-10(16)13(12)22-14)9-6-5-8(7-11(9)17)15(18,19)20/h2-7H,1H3. The fraction of sp³-hybridized carbons (Fsp3) is 0.200. The average Bonchev–Trinajstić information content (AvgIpc) is 2.76. The van der Waals surface area contributed by atoms with Crippen molar-refractivity contribution in [2.24, 2.45) is 0 Å². The molecular weight excluding hydrogens is 385 g/mol. The third-order valence-corrected chi connectivity index (χ3v) is 4.26. The molecule has 1 atom stereocenters. The van der Waals surface area contributed by atoms with Gasteiger partial charge in [0.2, 0.25) is 0 Å².